The molecule has 0 aliphatic rings. The maximum Gasteiger partial charge on any atom is 0.408 e. The number of para-hydroxylation sites is 2. The largest absolute Gasteiger partial charge is 0.480 e. The molecule has 1 amide bonds. The number of nitrogens with two attached hydrogens (primary N) is 1. The molecular weight excluding hydrogens is 324 g/mol. The number of nitrogens with zero attached hydrogens (tertiary/aromatic N) is 2. The van der Waals surface area contributed by atoms with Gasteiger partial charge in [0.1, 0.15) is 11.6 Å². The standard InChI is InChI=1S/C17H24N4O4/c1-17(2,3)25-16(24)20-12(14(22)23)8-6-10-21-13-9-5-4-7-11(13)19-15(21)18/h4-5,7,9,12H,6,8,10H2,1-3H3,(H2,18,19)(H,20,24)(H,22,23)/t12-/m0/s1. The summed E-state index contributed by atoms with van der Waals surface area (Å²) in [6.45, 7) is 5.66. The van der Waals surface area contributed by atoms with E-state index in [0.29, 0.717) is 18.9 Å². The number of carbonyl (C=O) groups is 2. The molecule has 8 nitrogen and oxygen atoms in total. The van der Waals surface area contributed by atoms with Gasteiger partial charge < -0.3 is 25.5 Å². The zero-order valence-corrected chi connectivity index (χ0v) is 14.7. The lowest BCUT2D eigenvalue weighted by atomic mass is 10.1. The number of aromatic nitrogens is 2. The highest BCUT2D eigenvalue weighted by Gasteiger charge is 2.23. The molecule has 0 saturated carbocycles. The molecule has 0 saturated heterocycles. The lowest BCUT2D eigenvalue weighted by Gasteiger charge is -2.22. The zero-order chi connectivity index (χ0) is 18.6. The molecule has 1 atom stereocenters. The number of hydrogen-bond acceptors (Lipinski definition) is 5. The summed E-state index contributed by atoms with van der Waals surface area (Å²) in [4.78, 5) is 27.4. The molecule has 0 aliphatic heterocycles. The number of anilines is 1. The summed E-state index contributed by atoms with van der Waals surface area (Å²) < 4.78 is 6.93. The zero-order valence-electron chi connectivity index (χ0n) is 14.7. The second-order valence-electron chi connectivity index (χ2n) is 6.79. The van der Waals surface area contributed by atoms with Crippen molar-refractivity contribution in [3.63, 3.8) is 0 Å². The van der Waals surface area contributed by atoms with Crippen molar-refractivity contribution >= 4 is 29.0 Å². The first kappa shape index (κ1) is 18.6. The summed E-state index contributed by atoms with van der Waals surface area (Å²) in [5.74, 6) is -0.720. The van der Waals surface area contributed by atoms with Crippen LogP contribution in [0.2, 0.25) is 0 Å². The predicted molar refractivity (Wildman–Crippen MR) is 94.2 cm³/mol. The van der Waals surface area contributed by atoms with Crippen LogP contribution in [0.5, 0.6) is 0 Å². The van der Waals surface area contributed by atoms with Crippen LogP contribution in [0.25, 0.3) is 11.0 Å². The summed E-state index contributed by atoms with van der Waals surface area (Å²) in [7, 11) is 0. The molecule has 0 fully saturated rings. The number of aliphatic carboxylic acids is 1. The van der Waals surface area contributed by atoms with Crippen LogP contribution in [-0.4, -0.2) is 38.4 Å². The van der Waals surface area contributed by atoms with E-state index in [1.54, 1.807) is 20.8 Å². The van der Waals surface area contributed by atoms with Gasteiger partial charge in [-0.05, 0) is 45.7 Å². The van der Waals surface area contributed by atoms with Crippen molar-refractivity contribution in [2.24, 2.45) is 0 Å². The lowest BCUT2D eigenvalue weighted by Crippen LogP contribution is -2.43. The quantitative estimate of drug-likeness (QED) is 0.737. The summed E-state index contributed by atoms with van der Waals surface area (Å²) in [5, 5.41) is 11.7. The summed E-state index contributed by atoms with van der Waals surface area (Å²) in [6, 6.07) is 6.53. The SMILES string of the molecule is CC(C)(C)OC(=O)N[C@@H](CCCn1c(N)nc2ccccc21)C(=O)O. The maximum absolute atomic E-state index is 11.8. The molecule has 1 aromatic carbocycles. The minimum atomic E-state index is -1.10. The molecule has 0 radical (unpaired) electrons. The van der Waals surface area contributed by atoms with Crippen molar-refractivity contribution in [1.29, 1.82) is 0 Å². The molecule has 2 aromatic rings. The molecule has 25 heavy (non-hydrogen) atoms. The van der Waals surface area contributed by atoms with Gasteiger partial charge in [0.2, 0.25) is 5.95 Å². The van der Waals surface area contributed by atoms with E-state index < -0.39 is 23.7 Å². The molecule has 0 aliphatic carbocycles. The molecule has 2 rings (SSSR count). The first-order valence-corrected chi connectivity index (χ1v) is 8.10. The van der Waals surface area contributed by atoms with Crippen LogP contribution in [0.4, 0.5) is 10.7 Å². The van der Waals surface area contributed by atoms with E-state index in [4.69, 9.17) is 10.5 Å². The van der Waals surface area contributed by atoms with E-state index in [0.717, 1.165) is 11.0 Å². The van der Waals surface area contributed by atoms with Gasteiger partial charge >= 0.3 is 12.1 Å². The Hall–Kier alpha value is -2.77. The number of hydrogen-bond donors (Lipinski definition) is 3. The third-order valence-electron chi connectivity index (χ3n) is 3.55. The summed E-state index contributed by atoms with van der Waals surface area (Å²) in [5.41, 5.74) is 6.93. The molecule has 4 N–H and O–H groups in total. The number of carboxylic acids is 1. The fraction of sp³-hybridized carbons (Fsp3) is 0.471. The highest BCUT2D eigenvalue weighted by atomic mass is 16.6. The van der Waals surface area contributed by atoms with Gasteiger partial charge in [-0.2, -0.15) is 0 Å². The number of alkyl carbamates (subject to hydrolysis) is 1. The number of carboxylic acid groups (broad SMARTS) is 1. The number of rotatable bonds is 6. The van der Waals surface area contributed by atoms with Crippen molar-refractivity contribution in [3.8, 4) is 0 Å². The molecule has 0 unspecified atom stereocenters. The van der Waals surface area contributed by atoms with Crippen LogP contribution in [-0.2, 0) is 16.1 Å². The van der Waals surface area contributed by atoms with Crippen LogP contribution in [0.15, 0.2) is 24.3 Å². The third-order valence-corrected chi connectivity index (χ3v) is 3.55. The van der Waals surface area contributed by atoms with Gasteiger partial charge in [0, 0.05) is 6.54 Å². The molecule has 1 aromatic heterocycles. The van der Waals surface area contributed by atoms with Crippen molar-refractivity contribution in [1.82, 2.24) is 14.9 Å². The minimum Gasteiger partial charge on any atom is -0.480 e. The van der Waals surface area contributed by atoms with Crippen molar-refractivity contribution in [2.75, 3.05) is 5.73 Å². The van der Waals surface area contributed by atoms with Crippen LogP contribution in [0.3, 0.4) is 0 Å². The molecule has 136 valence electrons. The highest BCUT2D eigenvalue weighted by Crippen LogP contribution is 2.18. The fourth-order valence-electron chi connectivity index (χ4n) is 2.49. The summed E-state index contributed by atoms with van der Waals surface area (Å²) in [6.07, 6.45) is 0.0187. The average Bonchev–Trinajstić information content (AvgIpc) is 2.80. The Balaban J connectivity index is 1.96. The predicted octanol–water partition coefficient (Wildman–Crippen LogP) is 2.38. The van der Waals surface area contributed by atoms with E-state index in [9.17, 15) is 14.7 Å². The van der Waals surface area contributed by atoms with Gasteiger partial charge in [-0.15, -0.1) is 0 Å². The monoisotopic (exact) mass is 348 g/mol. The fourth-order valence-corrected chi connectivity index (χ4v) is 2.49. The Bertz CT molecular complexity index is 764. The normalized spacial score (nSPS) is 12.8. The second-order valence-corrected chi connectivity index (χ2v) is 6.79. The Morgan fingerprint density at radius 3 is 2.68 bits per heavy atom. The van der Waals surface area contributed by atoms with Crippen LogP contribution in [0.1, 0.15) is 33.6 Å². The van der Waals surface area contributed by atoms with E-state index in [1.807, 2.05) is 28.8 Å². The van der Waals surface area contributed by atoms with Crippen LogP contribution in [0, 0.1) is 0 Å². The van der Waals surface area contributed by atoms with E-state index in [-0.39, 0.29) is 6.42 Å². The lowest BCUT2D eigenvalue weighted by molar-refractivity contribution is -0.139. The number of nitrogen functional groups attached to an aromatic ring is 1. The van der Waals surface area contributed by atoms with E-state index in [2.05, 4.69) is 10.3 Å². The Morgan fingerprint density at radius 2 is 2.04 bits per heavy atom. The highest BCUT2D eigenvalue weighted by molar-refractivity contribution is 5.80. The first-order chi connectivity index (χ1) is 11.7. The van der Waals surface area contributed by atoms with Gasteiger partial charge in [0.25, 0.3) is 0 Å². The minimum absolute atomic E-state index is 0.251. The van der Waals surface area contributed by atoms with Gasteiger partial charge in [-0.1, -0.05) is 12.1 Å². The number of carbonyl (C=O) groups excluding carboxylic acids is 1. The first-order valence-electron chi connectivity index (χ1n) is 8.10. The van der Waals surface area contributed by atoms with Crippen molar-refractivity contribution in [3.05, 3.63) is 24.3 Å². The topological polar surface area (TPSA) is 119 Å². The van der Waals surface area contributed by atoms with Gasteiger partial charge in [0.05, 0.1) is 11.0 Å². The number of fused-ring (bicyclic) bond motifs is 1. The number of imidazole rings is 1. The van der Waals surface area contributed by atoms with Crippen LogP contribution < -0.4 is 11.1 Å². The van der Waals surface area contributed by atoms with Gasteiger partial charge in [0.15, 0.2) is 0 Å². The molecular formula is C17H24N4O4. The number of amides is 1. The van der Waals surface area contributed by atoms with E-state index >= 15 is 0 Å². The number of aryl methyl sites for hydroxylation is 1. The third kappa shape index (κ3) is 5.10. The van der Waals surface area contributed by atoms with Crippen molar-refractivity contribution < 1.29 is 19.4 Å². The second kappa shape index (κ2) is 7.42. The Kier molecular flexibility index (Phi) is 5.51. The molecule has 0 spiro atoms. The Morgan fingerprint density at radius 1 is 1.36 bits per heavy atom. The smallest absolute Gasteiger partial charge is 0.408 e. The maximum atomic E-state index is 11.8. The number of benzene rings is 1. The van der Waals surface area contributed by atoms with Gasteiger partial charge in [-0.25, -0.2) is 14.6 Å². The molecule has 0 bridgehead atoms. The van der Waals surface area contributed by atoms with E-state index in [1.165, 1.54) is 0 Å². The Labute approximate surface area is 146 Å². The number of ether oxygens (including phenoxy) is 1. The van der Waals surface area contributed by atoms with Crippen LogP contribution >= 0.6 is 0 Å². The average molecular weight is 348 g/mol. The number of nitrogens with one attached hydrogen (secondary N) is 1. The summed E-state index contributed by atoms with van der Waals surface area (Å²) >= 11 is 0. The molecule has 8 heteroatoms. The van der Waals surface area contributed by atoms with Gasteiger partial charge in [-0.3, -0.25) is 0 Å². The molecule has 1 heterocycles. The van der Waals surface area contributed by atoms with Crippen molar-refractivity contribution in [2.45, 2.75) is 51.8 Å².